The van der Waals surface area contributed by atoms with Gasteiger partial charge in [0.1, 0.15) is 5.82 Å². The van der Waals surface area contributed by atoms with E-state index in [1.165, 1.54) is 13.3 Å². The lowest BCUT2D eigenvalue weighted by molar-refractivity contribution is -0.135. The summed E-state index contributed by atoms with van der Waals surface area (Å²) in [6, 6.07) is 1.14. The molecule has 1 fully saturated rings. The molecule has 22 heavy (non-hydrogen) atoms. The molecule has 1 saturated carbocycles. The maximum atomic E-state index is 12.8. The van der Waals surface area contributed by atoms with E-state index in [0.717, 1.165) is 0 Å². The minimum Gasteiger partial charge on any atom is -0.382 e. The molecule has 1 aliphatic carbocycles. The average molecular weight is 314 g/mol. The molecule has 0 saturated heterocycles. The molecule has 0 unspecified atom stereocenters. The van der Waals surface area contributed by atoms with E-state index in [9.17, 15) is 13.6 Å². The summed E-state index contributed by atoms with van der Waals surface area (Å²) in [6.07, 6.45) is 0.796. The second-order valence-electron chi connectivity index (χ2n) is 5.73. The van der Waals surface area contributed by atoms with Crippen LogP contribution < -0.4 is 11.1 Å². The number of nitrogen functional groups attached to an aromatic ring is 1. The van der Waals surface area contributed by atoms with Crippen LogP contribution in [0.1, 0.15) is 37.8 Å². The predicted octanol–water partition coefficient (Wildman–Crippen LogP) is 1.69. The predicted molar refractivity (Wildman–Crippen MR) is 76.1 cm³/mol. The molecule has 1 aromatic heterocycles. The number of hydrogen-bond acceptors (Lipinski definition) is 5. The summed E-state index contributed by atoms with van der Waals surface area (Å²) in [5.41, 5.74) is 6.26. The summed E-state index contributed by atoms with van der Waals surface area (Å²) in [4.78, 5) is 12.1. The van der Waals surface area contributed by atoms with Crippen molar-refractivity contribution in [1.82, 2.24) is 15.5 Å². The molecule has 0 spiro atoms. The molecule has 1 aromatic rings. The molecule has 2 rings (SSSR count). The second-order valence-corrected chi connectivity index (χ2v) is 5.73. The SMILES string of the molecule is CO[C@@H](C)[C@@H](NC(=O)CC1CC(F)(F)C1)c1cnnc(N)c1. The Labute approximate surface area is 127 Å². The van der Waals surface area contributed by atoms with Gasteiger partial charge in [0.2, 0.25) is 11.8 Å². The van der Waals surface area contributed by atoms with Crippen LogP contribution in [0.3, 0.4) is 0 Å². The van der Waals surface area contributed by atoms with Gasteiger partial charge in [-0.25, -0.2) is 8.78 Å². The van der Waals surface area contributed by atoms with E-state index in [1.807, 2.05) is 0 Å². The van der Waals surface area contributed by atoms with Crippen LogP contribution in [0.2, 0.25) is 0 Å². The van der Waals surface area contributed by atoms with E-state index in [2.05, 4.69) is 15.5 Å². The van der Waals surface area contributed by atoms with Crippen molar-refractivity contribution in [3.63, 3.8) is 0 Å². The molecule has 1 aliphatic rings. The number of carbonyl (C=O) groups is 1. The zero-order valence-corrected chi connectivity index (χ0v) is 12.6. The van der Waals surface area contributed by atoms with Crippen molar-refractivity contribution in [3.8, 4) is 0 Å². The van der Waals surface area contributed by atoms with Gasteiger partial charge in [-0.3, -0.25) is 4.79 Å². The first-order valence-corrected chi connectivity index (χ1v) is 7.09. The lowest BCUT2D eigenvalue weighted by atomic mass is 9.79. The molecule has 1 amide bonds. The average Bonchev–Trinajstić information content (AvgIpc) is 2.42. The van der Waals surface area contributed by atoms with Crippen molar-refractivity contribution < 1.29 is 18.3 Å². The smallest absolute Gasteiger partial charge is 0.248 e. The summed E-state index contributed by atoms with van der Waals surface area (Å²) in [5, 5.41) is 10.2. The Balaban J connectivity index is 1.99. The number of aromatic nitrogens is 2. The van der Waals surface area contributed by atoms with Gasteiger partial charge in [-0.1, -0.05) is 0 Å². The third-order valence-electron chi connectivity index (χ3n) is 3.86. The van der Waals surface area contributed by atoms with Gasteiger partial charge in [0.25, 0.3) is 0 Å². The molecule has 3 N–H and O–H groups in total. The first-order chi connectivity index (χ1) is 10.3. The van der Waals surface area contributed by atoms with Gasteiger partial charge >= 0.3 is 0 Å². The zero-order chi connectivity index (χ0) is 16.3. The number of rotatable bonds is 6. The molecular weight excluding hydrogens is 294 g/mol. The highest BCUT2D eigenvalue weighted by atomic mass is 19.3. The molecular formula is C14H20F2N4O2. The number of methoxy groups -OCH3 is 1. The zero-order valence-electron chi connectivity index (χ0n) is 12.6. The molecule has 8 heteroatoms. The van der Waals surface area contributed by atoms with Gasteiger partial charge in [-0.15, -0.1) is 5.10 Å². The molecule has 122 valence electrons. The Morgan fingerprint density at radius 3 is 2.82 bits per heavy atom. The standard InChI is InChI=1S/C14H20F2N4O2/c1-8(22-2)13(10-4-11(17)20-18-7-10)19-12(21)3-9-5-14(15,16)6-9/h4,7-9,13H,3,5-6H2,1-2H3,(H2,17,20)(H,19,21)/t8-,13+/m0/s1. The van der Waals surface area contributed by atoms with Gasteiger partial charge < -0.3 is 15.8 Å². The Morgan fingerprint density at radius 1 is 1.59 bits per heavy atom. The van der Waals surface area contributed by atoms with Crippen LogP contribution in [-0.4, -0.2) is 35.2 Å². The van der Waals surface area contributed by atoms with Crippen molar-refractivity contribution in [2.45, 2.75) is 44.3 Å². The van der Waals surface area contributed by atoms with Gasteiger partial charge in [-0.05, 0) is 18.9 Å². The fourth-order valence-electron chi connectivity index (χ4n) is 2.60. The third-order valence-corrected chi connectivity index (χ3v) is 3.86. The van der Waals surface area contributed by atoms with E-state index in [1.54, 1.807) is 13.0 Å². The van der Waals surface area contributed by atoms with Crippen LogP contribution in [-0.2, 0) is 9.53 Å². The van der Waals surface area contributed by atoms with E-state index in [0.29, 0.717) is 5.56 Å². The van der Waals surface area contributed by atoms with Crippen LogP contribution >= 0.6 is 0 Å². The topological polar surface area (TPSA) is 90.1 Å². The Bertz CT molecular complexity index is 533. The van der Waals surface area contributed by atoms with Crippen molar-refractivity contribution in [2.24, 2.45) is 5.92 Å². The van der Waals surface area contributed by atoms with Crippen LogP contribution in [0.25, 0.3) is 0 Å². The first-order valence-electron chi connectivity index (χ1n) is 7.09. The number of ether oxygens (including phenoxy) is 1. The second kappa shape index (κ2) is 6.51. The monoisotopic (exact) mass is 314 g/mol. The molecule has 0 aromatic carbocycles. The molecule has 0 radical (unpaired) electrons. The number of anilines is 1. The lowest BCUT2D eigenvalue weighted by Gasteiger charge is -2.35. The molecule has 2 atom stereocenters. The highest BCUT2D eigenvalue weighted by Gasteiger charge is 2.45. The summed E-state index contributed by atoms with van der Waals surface area (Å²) >= 11 is 0. The van der Waals surface area contributed by atoms with Crippen LogP contribution in [0, 0.1) is 5.92 Å². The number of nitrogens with two attached hydrogens (primary N) is 1. The normalized spacial score (nSPS) is 20.0. The van der Waals surface area contributed by atoms with Crippen molar-refractivity contribution in [1.29, 1.82) is 0 Å². The maximum absolute atomic E-state index is 12.8. The van der Waals surface area contributed by atoms with Crippen molar-refractivity contribution in [3.05, 3.63) is 17.8 Å². The van der Waals surface area contributed by atoms with Gasteiger partial charge in [0.15, 0.2) is 0 Å². The molecule has 0 bridgehead atoms. The number of nitrogens with one attached hydrogen (secondary N) is 1. The number of nitrogens with zero attached hydrogens (tertiary/aromatic N) is 2. The highest BCUT2D eigenvalue weighted by molar-refractivity contribution is 5.77. The minimum atomic E-state index is -2.62. The van der Waals surface area contributed by atoms with Crippen molar-refractivity contribution >= 4 is 11.7 Å². The number of halogens is 2. The van der Waals surface area contributed by atoms with E-state index < -0.39 is 12.0 Å². The largest absolute Gasteiger partial charge is 0.382 e. The van der Waals surface area contributed by atoms with Crippen LogP contribution in [0.15, 0.2) is 12.3 Å². The van der Waals surface area contributed by atoms with E-state index in [4.69, 9.17) is 10.5 Å². The lowest BCUT2D eigenvalue weighted by Crippen LogP contribution is -2.41. The Hall–Kier alpha value is -1.83. The first kappa shape index (κ1) is 16.5. The van der Waals surface area contributed by atoms with Gasteiger partial charge in [0.05, 0.1) is 18.3 Å². The van der Waals surface area contributed by atoms with Gasteiger partial charge in [0, 0.05) is 31.9 Å². The number of hydrogen-bond donors (Lipinski definition) is 2. The fraction of sp³-hybridized carbons (Fsp3) is 0.643. The molecule has 6 nitrogen and oxygen atoms in total. The number of amides is 1. The summed E-state index contributed by atoms with van der Waals surface area (Å²) < 4.78 is 30.9. The van der Waals surface area contributed by atoms with E-state index >= 15 is 0 Å². The minimum absolute atomic E-state index is 0.0799. The maximum Gasteiger partial charge on any atom is 0.248 e. The third kappa shape index (κ3) is 4.09. The van der Waals surface area contributed by atoms with Gasteiger partial charge in [-0.2, -0.15) is 5.10 Å². The molecule has 0 aliphatic heterocycles. The summed E-state index contributed by atoms with van der Waals surface area (Å²) in [5.74, 6) is -2.94. The fourth-order valence-corrected chi connectivity index (χ4v) is 2.60. The summed E-state index contributed by atoms with van der Waals surface area (Å²) in [6.45, 7) is 1.79. The molecule has 1 heterocycles. The number of carbonyl (C=O) groups excluding carboxylic acids is 1. The highest BCUT2D eigenvalue weighted by Crippen LogP contribution is 2.44. The quantitative estimate of drug-likeness (QED) is 0.834. The van der Waals surface area contributed by atoms with Crippen LogP contribution in [0.4, 0.5) is 14.6 Å². The van der Waals surface area contributed by atoms with Crippen LogP contribution in [0.5, 0.6) is 0 Å². The summed E-state index contributed by atoms with van der Waals surface area (Å²) in [7, 11) is 1.52. The Morgan fingerprint density at radius 2 is 2.27 bits per heavy atom. The Kier molecular flexibility index (Phi) is 4.90. The van der Waals surface area contributed by atoms with Crippen molar-refractivity contribution in [2.75, 3.05) is 12.8 Å². The number of alkyl halides is 2. The van der Waals surface area contributed by atoms with E-state index in [-0.39, 0.29) is 43.0 Å².